The Morgan fingerprint density at radius 3 is 2.15 bits per heavy atom. The second kappa shape index (κ2) is 8.70. The van der Waals surface area contributed by atoms with Gasteiger partial charge in [0.05, 0.1) is 0 Å². The largest absolute Gasteiger partial charge is 0.481 e. The first-order valence-corrected chi connectivity index (χ1v) is 7.64. The maximum absolute atomic E-state index is 12.1. The molecule has 0 spiro atoms. The van der Waals surface area contributed by atoms with E-state index in [-0.39, 0.29) is 12.8 Å². The predicted molar refractivity (Wildman–Crippen MR) is 90.6 cm³/mol. The number of nitrogens with one attached hydrogen (secondary N) is 2. The molecular formula is C16H21N3O7. The molecular weight excluding hydrogens is 346 g/mol. The molecule has 1 aromatic rings. The lowest BCUT2D eigenvalue weighted by molar-refractivity contribution is -0.143. The van der Waals surface area contributed by atoms with Crippen molar-refractivity contribution in [3.8, 4) is 0 Å². The summed E-state index contributed by atoms with van der Waals surface area (Å²) in [4.78, 5) is 45.3. The lowest BCUT2D eigenvalue weighted by atomic mass is 9.93. The minimum atomic E-state index is -1.71. The van der Waals surface area contributed by atoms with Gasteiger partial charge in [-0.1, -0.05) is 12.1 Å². The third kappa shape index (κ3) is 6.30. The van der Waals surface area contributed by atoms with Gasteiger partial charge >= 0.3 is 23.9 Å². The predicted octanol–water partition coefficient (Wildman–Crippen LogP) is 0.272. The van der Waals surface area contributed by atoms with E-state index < -0.39 is 41.9 Å². The Hall–Kier alpha value is -3.30. The molecule has 2 amide bonds. The molecule has 0 heterocycles. The monoisotopic (exact) mass is 367 g/mol. The Bertz CT molecular complexity index is 690. The maximum atomic E-state index is 12.1. The number of hydrogen-bond acceptors (Lipinski definition) is 5. The highest BCUT2D eigenvalue weighted by Gasteiger charge is 2.36. The summed E-state index contributed by atoms with van der Waals surface area (Å²) >= 11 is 0. The number of nitrogen functional groups attached to an aromatic ring is 1. The molecule has 0 aliphatic rings. The average Bonchev–Trinajstić information content (AvgIpc) is 2.53. The van der Waals surface area contributed by atoms with Crippen LogP contribution in [0, 0.1) is 0 Å². The van der Waals surface area contributed by atoms with E-state index in [1.54, 1.807) is 24.3 Å². The zero-order chi connectivity index (χ0) is 19.9. The van der Waals surface area contributed by atoms with Gasteiger partial charge in [0, 0.05) is 18.5 Å². The van der Waals surface area contributed by atoms with Gasteiger partial charge in [-0.2, -0.15) is 0 Å². The number of rotatable bonds is 9. The van der Waals surface area contributed by atoms with Crippen molar-refractivity contribution in [2.75, 3.05) is 5.73 Å². The summed E-state index contributed by atoms with van der Waals surface area (Å²) < 4.78 is 0. The van der Waals surface area contributed by atoms with Crippen LogP contribution in [0.4, 0.5) is 10.5 Å². The highest BCUT2D eigenvalue weighted by atomic mass is 16.4. The summed E-state index contributed by atoms with van der Waals surface area (Å²) in [5.74, 6) is -3.95. The molecule has 0 saturated heterocycles. The van der Waals surface area contributed by atoms with E-state index in [2.05, 4.69) is 10.6 Å². The molecule has 0 radical (unpaired) electrons. The van der Waals surface area contributed by atoms with Gasteiger partial charge in [0.2, 0.25) is 0 Å². The van der Waals surface area contributed by atoms with Crippen molar-refractivity contribution in [1.82, 2.24) is 10.6 Å². The van der Waals surface area contributed by atoms with Gasteiger partial charge in [0.1, 0.15) is 11.6 Å². The van der Waals surface area contributed by atoms with Crippen LogP contribution < -0.4 is 16.4 Å². The number of hydrogen-bond donors (Lipinski definition) is 6. The standard InChI is InChI=1S/C16H21N3O7/c1-16(14(24)25,8-9-2-4-10(17)5-3-9)19-15(26)18-11(13(22)23)6-7-12(20)21/h2-5,11H,6-8,17H2,1H3,(H,20,21)(H,22,23)(H,24,25)(H2,18,19,26)/t11-,16-/m0/s1. The van der Waals surface area contributed by atoms with Gasteiger partial charge < -0.3 is 31.7 Å². The fourth-order valence-corrected chi connectivity index (χ4v) is 2.19. The second-order valence-corrected chi connectivity index (χ2v) is 5.98. The average molecular weight is 367 g/mol. The second-order valence-electron chi connectivity index (χ2n) is 5.98. The lowest BCUT2D eigenvalue weighted by Crippen LogP contribution is -2.58. The number of carboxylic acids is 3. The fraction of sp³-hybridized carbons (Fsp3) is 0.375. The van der Waals surface area contributed by atoms with Gasteiger partial charge in [0.25, 0.3) is 0 Å². The smallest absolute Gasteiger partial charge is 0.329 e. The van der Waals surface area contributed by atoms with Crippen LogP contribution in [0.2, 0.25) is 0 Å². The number of carboxylic acid groups (broad SMARTS) is 3. The number of amides is 2. The molecule has 0 aliphatic carbocycles. The van der Waals surface area contributed by atoms with Gasteiger partial charge in [-0.25, -0.2) is 14.4 Å². The topological polar surface area (TPSA) is 179 Å². The summed E-state index contributed by atoms with van der Waals surface area (Å²) in [6.07, 6.45) is -0.860. The van der Waals surface area contributed by atoms with Gasteiger partial charge in [-0.3, -0.25) is 4.79 Å². The van der Waals surface area contributed by atoms with Crippen molar-refractivity contribution in [2.45, 2.75) is 37.8 Å². The first-order valence-electron chi connectivity index (χ1n) is 7.64. The van der Waals surface area contributed by atoms with Crippen LogP contribution in [-0.4, -0.2) is 50.8 Å². The first-order chi connectivity index (χ1) is 12.0. The van der Waals surface area contributed by atoms with Crippen LogP contribution >= 0.6 is 0 Å². The highest BCUT2D eigenvalue weighted by molar-refractivity contribution is 5.88. The van der Waals surface area contributed by atoms with E-state index in [0.29, 0.717) is 11.3 Å². The molecule has 2 atom stereocenters. The lowest BCUT2D eigenvalue weighted by Gasteiger charge is -2.27. The Labute approximate surface area is 149 Å². The molecule has 1 aromatic carbocycles. The quantitative estimate of drug-likeness (QED) is 0.336. The minimum absolute atomic E-state index is 0.0666. The number of nitrogens with two attached hydrogens (primary N) is 1. The first kappa shape index (κ1) is 20.7. The van der Waals surface area contributed by atoms with Crippen LogP contribution in [0.1, 0.15) is 25.3 Å². The van der Waals surface area contributed by atoms with E-state index in [0.717, 1.165) is 0 Å². The van der Waals surface area contributed by atoms with E-state index in [4.69, 9.17) is 15.9 Å². The molecule has 10 nitrogen and oxygen atoms in total. The van der Waals surface area contributed by atoms with Crippen molar-refractivity contribution in [1.29, 1.82) is 0 Å². The molecule has 26 heavy (non-hydrogen) atoms. The SMILES string of the molecule is C[C@@](Cc1ccc(N)cc1)(NC(=O)N[C@@H](CCC(=O)O)C(=O)O)C(=O)O. The molecule has 7 N–H and O–H groups in total. The van der Waals surface area contributed by atoms with Crippen molar-refractivity contribution in [3.05, 3.63) is 29.8 Å². The Kier molecular flexibility index (Phi) is 6.94. The van der Waals surface area contributed by atoms with E-state index in [1.807, 2.05) is 0 Å². The van der Waals surface area contributed by atoms with Gasteiger partial charge in [-0.15, -0.1) is 0 Å². The van der Waals surface area contributed by atoms with E-state index in [1.165, 1.54) is 6.92 Å². The number of benzene rings is 1. The number of aliphatic carboxylic acids is 3. The number of anilines is 1. The van der Waals surface area contributed by atoms with E-state index in [9.17, 15) is 24.3 Å². The summed E-state index contributed by atoms with van der Waals surface area (Å²) in [6, 6.07) is 3.92. The molecule has 1 rings (SSSR count). The molecule has 0 bridgehead atoms. The third-order valence-electron chi connectivity index (χ3n) is 3.65. The normalized spacial score (nSPS) is 13.9. The maximum Gasteiger partial charge on any atom is 0.329 e. The summed E-state index contributed by atoms with van der Waals surface area (Å²) in [6.45, 7) is 1.28. The highest BCUT2D eigenvalue weighted by Crippen LogP contribution is 2.15. The zero-order valence-corrected chi connectivity index (χ0v) is 14.1. The minimum Gasteiger partial charge on any atom is -0.481 e. The van der Waals surface area contributed by atoms with Crippen molar-refractivity contribution >= 4 is 29.6 Å². The van der Waals surface area contributed by atoms with E-state index >= 15 is 0 Å². The Balaban J connectivity index is 2.82. The van der Waals surface area contributed by atoms with Crippen molar-refractivity contribution in [2.24, 2.45) is 0 Å². The number of urea groups is 1. The summed E-state index contributed by atoms with van der Waals surface area (Å²) in [5.41, 5.74) is 4.96. The number of carbonyl (C=O) groups excluding carboxylic acids is 1. The van der Waals surface area contributed by atoms with Crippen LogP contribution in [-0.2, 0) is 20.8 Å². The molecule has 142 valence electrons. The van der Waals surface area contributed by atoms with Gasteiger partial charge in [0.15, 0.2) is 0 Å². The van der Waals surface area contributed by atoms with Crippen LogP contribution in [0.25, 0.3) is 0 Å². The Morgan fingerprint density at radius 2 is 1.69 bits per heavy atom. The third-order valence-corrected chi connectivity index (χ3v) is 3.65. The van der Waals surface area contributed by atoms with Crippen LogP contribution in [0.5, 0.6) is 0 Å². The summed E-state index contributed by atoms with van der Waals surface area (Å²) in [5, 5.41) is 31.4. The molecule has 0 aromatic heterocycles. The molecule has 0 fully saturated rings. The molecule has 0 saturated carbocycles. The fourth-order valence-electron chi connectivity index (χ4n) is 2.19. The molecule has 0 unspecified atom stereocenters. The molecule has 0 aliphatic heterocycles. The van der Waals surface area contributed by atoms with Crippen LogP contribution in [0.15, 0.2) is 24.3 Å². The van der Waals surface area contributed by atoms with Crippen LogP contribution in [0.3, 0.4) is 0 Å². The number of carbonyl (C=O) groups is 4. The van der Waals surface area contributed by atoms with Crippen molar-refractivity contribution in [3.63, 3.8) is 0 Å². The van der Waals surface area contributed by atoms with Gasteiger partial charge in [-0.05, 0) is 31.0 Å². The summed E-state index contributed by atoms with van der Waals surface area (Å²) in [7, 11) is 0. The molecule has 10 heteroatoms. The van der Waals surface area contributed by atoms with Crippen molar-refractivity contribution < 1.29 is 34.5 Å². The zero-order valence-electron chi connectivity index (χ0n) is 14.1. The Morgan fingerprint density at radius 1 is 1.12 bits per heavy atom.